The van der Waals surface area contributed by atoms with E-state index in [1.54, 1.807) is 13.2 Å². The molecule has 2 rings (SSSR count). The first kappa shape index (κ1) is 19.3. The van der Waals surface area contributed by atoms with E-state index in [-0.39, 0.29) is 22.3 Å². The van der Waals surface area contributed by atoms with Crippen LogP contribution in [0.15, 0.2) is 6.20 Å². The van der Waals surface area contributed by atoms with Crippen LogP contribution < -0.4 is 10.6 Å². The molecule has 0 saturated heterocycles. The number of anilines is 1. The smallest absolute Gasteiger partial charge is 0.256 e. The van der Waals surface area contributed by atoms with Gasteiger partial charge in [-0.3, -0.25) is 4.79 Å². The van der Waals surface area contributed by atoms with Crippen LogP contribution in [-0.2, 0) is 5.41 Å². The molecule has 0 aliphatic rings. The van der Waals surface area contributed by atoms with Crippen molar-refractivity contribution < 1.29 is 4.79 Å². The maximum Gasteiger partial charge on any atom is 0.256 e. The standard InChI is InChI=1S/C19H33N5O/c1-17(2,3)11-19(7,8)23-15-13(18(4,5)6)22-14-12(16(25)20-9)10-21-24(14)15/h10,22-23H,11H2,1-9H3,(H,20,25). The zero-order chi connectivity index (χ0) is 19.2. The molecule has 0 saturated carbocycles. The Bertz CT molecular complexity index is 768. The van der Waals surface area contributed by atoms with Gasteiger partial charge in [0.15, 0.2) is 0 Å². The van der Waals surface area contributed by atoms with Crippen molar-refractivity contribution in [1.29, 1.82) is 0 Å². The van der Waals surface area contributed by atoms with Gasteiger partial charge in [-0.25, -0.2) is 0 Å². The predicted molar refractivity (Wildman–Crippen MR) is 103 cm³/mol. The van der Waals surface area contributed by atoms with E-state index in [4.69, 9.17) is 0 Å². The summed E-state index contributed by atoms with van der Waals surface area (Å²) in [6.07, 6.45) is 2.61. The summed E-state index contributed by atoms with van der Waals surface area (Å²) >= 11 is 0. The van der Waals surface area contributed by atoms with E-state index < -0.39 is 0 Å². The van der Waals surface area contributed by atoms with Gasteiger partial charge in [-0.2, -0.15) is 9.61 Å². The molecule has 0 aliphatic heterocycles. The Balaban J connectivity index is 2.57. The molecule has 0 spiro atoms. The summed E-state index contributed by atoms with van der Waals surface area (Å²) < 4.78 is 1.82. The van der Waals surface area contributed by atoms with Crippen molar-refractivity contribution in [3.63, 3.8) is 0 Å². The number of amides is 1. The molecule has 140 valence electrons. The fourth-order valence-electron chi connectivity index (χ4n) is 3.57. The van der Waals surface area contributed by atoms with Crippen molar-refractivity contribution >= 4 is 17.4 Å². The molecule has 2 aromatic rings. The van der Waals surface area contributed by atoms with E-state index in [1.807, 2.05) is 4.52 Å². The maximum absolute atomic E-state index is 12.1. The van der Waals surface area contributed by atoms with Crippen LogP contribution in [0, 0.1) is 5.41 Å². The minimum atomic E-state index is -0.141. The summed E-state index contributed by atoms with van der Waals surface area (Å²) in [5, 5.41) is 10.8. The first-order valence-corrected chi connectivity index (χ1v) is 8.86. The monoisotopic (exact) mass is 347 g/mol. The molecule has 25 heavy (non-hydrogen) atoms. The number of nitrogens with zero attached hydrogens (tertiary/aromatic N) is 2. The van der Waals surface area contributed by atoms with Crippen LogP contribution in [0.4, 0.5) is 5.82 Å². The summed E-state index contributed by atoms with van der Waals surface area (Å²) in [5.74, 6) is 0.782. The molecule has 0 atom stereocenters. The molecule has 0 radical (unpaired) electrons. The van der Waals surface area contributed by atoms with E-state index in [0.717, 1.165) is 23.6 Å². The summed E-state index contributed by atoms with van der Waals surface area (Å²) in [6, 6.07) is 0. The number of hydrogen-bond donors (Lipinski definition) is 3. The van der Waals surface area contributed by atoms with E-state index in [9.17, 15) is 4.79 Å². The average Bonchev–Trinajstić information content (AvgIpc) is 2.94. The van der Waals surface area contributed by atoms with Crippen molar-refractivity contribution in [3.05, 3.63) is 17.5 Å². The molecule has 6 nitrogen and oxygen atoms in total. The highest BCUT2D eigenvalue weighted by molar-refractivity contribution is 6.00. The van der Waals surface area contributed by atoms with Gasteiger partial charge in [0, 0.05) is 18.0 Å². The number of nitrogens with one attached hydrogen (secondary N) is 3. The van der Waals surface area contributed by atoms with Gasteiger partial charge in [0.05, 0.1) is 11.9 Å². The highest BCUT2D eigenvalue weighted by atomic mass is 16.1. The minimum Gasteiger partial charge on any atom is -0.364 e. The summed E-state index contributed by atoms with van der Waals surface area (Å²) in [5.41, 5.74) is 2.29. The fraction of sp³-hybridized carbons (Fsp3) is 0.684. The largest absolute Gasteiger partial charge is 0.364 e. The van der Waals surface area contributed by atoms with Crippen molar-refractivity contribution in [2.45, 2.75) is 72.8 Å². The molecule has 0 bridgehead atoms. The Morgan fingerprint density at radius 1 is 1.16 bits per heavy atom. The number of aromatic amines is 1. The van der Waals surface area contributed by atoms with E-state index in [2.05, 4.69) is 76.1 Å². The van der Waals surface area contributed by atoms with Gasteiger partial charge in [-0.15, -0.1) is 0 Å². The summed E-state index contributed by atoms with van der Waals surface area (Å²) in [6.45, 7) is 17.6. The van der Waals surface area contributed by atoms with Crippen molar-refractivity contribution in [2.24, 2.45) is 5.41 Å². The topological polar surface area (TPSA) is 74.2 Å². The molecule has 1 amide bonds. The summed E-state index contributed by atoms with van der Waals surface area (Å²) in [7, 11) is 1.63. The number of H-pyrrole nitrogens is 1. The Kier molecular flexibility index (Phi) is 4.70. The molecular formula is C19H33N5O. The molecule has 6 heteroatoms. The van der Waals surface area contributed by atoms with Gasteiger partial charge in [0.2, 0.25) is 0 Å². The first-order valence-electron chi connectivity index (χ1n) is 8.86. The van der Waals surface area contributed by atoms with Gasteiger partial charge in [0.1, 0.15) is 17.0 Å². The molecule has 0 aliphatic carbocycles. The summed E-state index contributed by atoms with van der Waals surface area (Å²) in [4.78, 5) is 15.6. The molecule has 0 unspecified atom stereocenters. The van der Waals surface area contributed by atoms with E-state index in [0.29, 0.717) is 5.56 Å². The number of carbonyl (C=O) groups is 1. The molecule has 0 aromatic carbocycles. The van der Waals surface area contributed by atoms with Gasteiger partial charge in [0.25, 0.3) is 5.91 Å². The van der Waals surface area contributed by atoms with Crippen LogP contribution in [-0.4, -0.2) is 33.1 Å². The van der Waals surface area contributed by atoms with Crippen molar-refractivity contribution in [1.82, 2.24) is 19.9 Å². The number of rotatable bonds is 4. The van der Waals surface area contributed by atoms with E-state index >= 15 is 0 Å². The third kappa shape index (κ3) is 4.17. The normalized spacial score (nSPS) is 13.3. The molecule has 0 fully saturated rings. The first-order chi connectivity index (χ1) is 11.2. The zero-order valence-corrected chi connectivity index (χ0v) is 17.1. The van der Waals surface area contributed by atoms with Gasteiger partial charge in [-0.1, -0.05) is 41.5 Å². The number of fused-ring (bicyclic) bond motifs is 1. The van der Waals surface area contributed by atoms with Gasteiger partial charge >= 0.3 is 0 Å². The number of hydrogen-bond acceptors (Lipinski definition) is 3. The van der Waals surface area contributed by atoms with Crippen LogP contribution in [0.3, 0.4) is 0 Å². The fourth-order valence-corrected chi connectivity index (χ4v) is 3.57. The Labute approximate surface area is 150 Å². The highest BCUT2D eigenvalue weighted by Gasteiger charge is 2.31. The van der Waals surface area contributed by atoms with Crippen LogP contribution in [0.2, 0.25) is 0 Å². The molecular weight excluding hydrogens is 314 g/mol. The third-order valence-corrected chi connectivity index (χ3v) is 4.11. The lowest BCUT2D eigenvalue weighted by Gasteiger charge is -2.34. The van der Waals surface area contributed by atoms with Crippen molar-refractivity contribution in [2.75, 3.05) is 12.4 Å². The lowest BCUT2D eigenvalue weighted by Crippen LogP contribution is -2.36. The second-order valence-electron chi connectivity index (χ2n) is 9.74. The second kappa shape index (κ2) is 6.07. The van der Waals surface area contributed by atoms with Gasteiger partial charge in [-0.05, 0) is 25.7 Å². The van der Waals surface area contributed by atoms with Crippen LogP contribution >= 0.6 is 0 Å². The lowest BCUT2D eigenvalue weighted by atomic mass is 9.81. The third-order valence-electron chi connectivity index (χ3n) is 4.11. The highest BCUT2D eigenvalue weighted by Crippen LogP contribution is 2.35. The number of carbonyl (C=O) groups excluding carboxylic acids is 1. The second-order valence-corrected chi connectivity index (χ2v) is 9.74. The Morgan fingerprint density at radius 3 is 2.24 bits per heavy atom. The number of imidazole rings is 1. The average molecular weight is 348 g/mol. The molecule has 3 N–H and O–H groups in total. The molecule has 2 aromatic heterocycles. The number of aromatic nitrogens is 3. The maximum atomic E-state index is 12.1. The van der Waals surface area contributed by atoms with Gasteiger partial charge < -0.3 is 15.6 Å². The zero-order valence-electron chi connectivity index (χ0n) is 17.1. The van der Waals surface area contributed by atoms with Crippen LogP contribution in [0.25, 0.3) is 5.65 Å². The lowest BCUT2D eigenvalue weighted by molar-refractivity contribution is 0.0964. The molecule has 2 heterocycles. The quantitative estimate of drug-likeness (QED) is 0.784. The SMILES string of the molecule is CNC(=O)c1cnn2c(NC(C)(C)CC(C)(C)C)c(C(C)(C)C)[nH]c12. The van der Waals surface area contributed by atoms with Crippen molar-refractivity contribution in [3.8, 4) is 0 Å². The minimum absolute atomic E-state index is 0.110. The Morgan fingerprint density at radius 2 is 1.76 bits per heavy atom. The Hall–Kier alpha value is -1.98. The van der Waals surface area contributed by atoms with E-state index in [1.165, 1.54) is 0 Å². The van der Waals surface area contributed by atoms with Crippen LogP contribution in [0.5, 0.6) is 0 Å². The van der Waals surface area contributed by atoms with Crippen LogP contribution in [0.1, 0.15) is 77.9 Å². The predicted octanol–water partition coefficient (Wildman–Crippen LogP) is 3.95.